The molecule has 4 rings (SSSR count). The number of nitrogens with zero attached hydrogens (tertiary/aromatic N) is 3. The van der Waals surface area contributed by atoms with Crippen LogP contribution in [-0.4, -0.2) is 66.2 Å². The summed E-state index contributed by atoms with van der Waals surface area (Å²) in [6.45, 7) is 0.222. The van der Waals surface area contributed by atoms with Crippen LogP contribution in [-0.2, 0) is 15.6 Å². The first-order chi connectivity index (χ1) is 17.7. The lowest BCUT2D eigenvalue weighted by molar-refractivity contribution is -0.376. The third kappa shape index (κ3) is 4.97. The van der Waals surface area contributed by atoms with E-state index in [1.54, 1.807) is 17.1 Å². The van der Waals surface area contributed by atoms with E-state index in [1.807, 2.05) is 0 Å². The third-order valence-electron chi connectivity index (χ3n) is 6.37. The average molecular weight is 578 g/mol. The maximum Gasteiger partial charge on any atom is 0.430 e. The summed E-state index contributed by atoms with van der Waals surface area (Å²) in [5.41, 5.74) is -6.04. The molecule has 0 amide bonds. The molecule has 6 nitrogen and oxygen atoms in total. The molecule has 0 unspecified atom stereocenters. The first kappa shape index (κ1) is 28.2. The Morgan fingerprint density at radius 3 is 2.18 bits per heavy atom. The van der Waals surface area contributed by atoms with Gasteiger partial charge in [0.15, 0.2) is 0 Å². The minimum Gasteiger partial charge on any atom is -0.369 e. The van der Waals surface area contributed by atoms with Crippen molar-refractivity contribution in [3.8, 4) is 11.1 Å². The number of aromatic nitrogens is 1. The van der Waals surface area contributed by atoms with E-state index in [0.29, 0.717) is 18.6 Å². The number of hydrogen-bond acceptors (Lipinski definition) is 6. The summed E-state index contributed by atoms with van der Waals surface area (Å²) in [6.07, 6.45) is -4.33. The normalized spacial score (nSPS) is 18.0. The van der Waals surface area contributed by atoms with Crippen LogP contribution in [0.4, 0.5) is 32.0 Å². The fourth-order valence-electron chi connectivity index (χ4n) is 4.34. The second-order valence-electron chi connectivity index (χ2n) is 8.66. The molecule has 0 spiro atoms. The highest BCUT2D eigenvalue weighted by atomic mass is 32.2. The highest BCUT2D eigenvalue weighted by molar-refractivity contribution is 7.96. The SMILES string of the molecule is O=S(=O)(C1=CC=CCC1=S)N1CCN(c2ccc(C(O)(C(F)(F)F)C(F)(F)F)cc2-c2cccnc2)CC1. The van der Waals surface area contributed by atoms with Crippen molar-refractivity contribution >= 4 is 32.8 Å². The van der Waals surface area contributed by atoms with Gasteiger partial charge in [0.2, 0.25) is 10.0 Å². The minimum atomic E-state index is -6.04. The van der Waals surface area contributed by atoms with E-state index >= 15 is 0 Å². The van der Waals surface area contributed by atoms with Gasteiger partial charge in [0.05, 0.1) is 4.91 Å². The van der Waals surface area contributed by atoms with Crippen molar-refractivity contribution in [3.63, 3.8) is 0 Å². The third-order valence-corrected chi connectivity index (χ3v) is 8.87. The van der Waals surface area contributed by atoms with Crippen LogP contribution in [0.5, 0.6) is 0 Å². The van der Waals surface area contributed by atoms with Crippen LogP contribution in [0.2, 0.25) is 0 Å². The predicted molar refractivity (Wildman–Crippen MR) is 133 cm³/mol. The smallest absolute Gasteiger partial charge is 0.369 e. The summed E-state index contributed by atoms with van der Waals surface area (Å²) in [6, 6.07) is 5.21. The molecule has 1 aromatic carbocycles. The molecule has 0 saturated carbocycles. The first-order valence-corrected chi connectivity index (χ1v) is 13.1. The fraction of sp³-hybridized carbons (Fsp3) is 0.333. The van der Waals surface area contributed by atoms with Crippen molar-refractivity contribution < 1.29 is 39.9 Å². The molecule has 0 radical (unpaired) electrons. The number of allylic oxidation sites excluding steroid dienone is 4. The molecule has 1 aromatic heterocycles. The van der Waals surface area contributed by atoms with Crippen molar-refractivity contribution in [1.29, 1.82) is 0 Å². The Hall–Kier alpha value is -2.81. The highest BCUT2D eigenvalue weighted by Crippen LogP contribution is 2.51. The Labute approximate surface area is 219 Å². The van der Waals surface area contributed by atoms with Crippen LogP contribution in [0, 0.1) is 0 Å². The average Bonchev–Trinajstić information content (AvgIpc) is 2.87. The summed E-state index contributed by atoms with van der Waals surface area (Å²) in [5, 5.41) is 9.92. The summed E-state index contributed by atoms with van der Waals surface area (Å²) in [4.78, 5) is 5.88. The molecule has 1 fully saturated rings. The molecule has 38 heavy (non-hydrogen) atoms. The lowest BCUT2D eigenvalue weighted by Gasteiger charge is -2.38. The van der Waals surface area contributed by atoms with Gasteiger partial charge in [-0.1, -0.05) is 36.5 Å². The van der Waals surface area contributed by atoms with Gasteiger partial charge in [0.25, 0.3) is 5.60 Å². The van der Waals surface area contributed by atoms with Gasteiger partial charge in [0, 0.05) is 72.2 Å². The zero-order valence-electron chi connectivity index (χ0n) is 19.5. The quantitative estimate of drug-likeness (QED) is 0.410. The lowest BCUT2D eigenvalue weighted by Crippen LogP contribution is -2.54. The summed E-state index contributed by atoms with van der Waals surface area (Å²) in [7, 11) is -3.88. The first-order valence-electron chi connectivity index (χ1n) is 11.2. The molecule has 2 aliphatic rings. The molecular formula is C24H21F6N3O3S2. The van der Waals surface area contributed by atoms with Crippen LogP contribution in [0.1, 0.15) is 12.0 Å². The second-order valence-corrected chi connectivity index (χ2v) is 11.1. The number of anilines is 1. The van der Waals surface area contributed by atoms with Gasteiger partial charge in [-0.15, -0.1) is 0 Å². The van der Waals surface area contributed by atoms with Crippen molar-refractivity contribution in [3.05, 3.63) is 71.4 Å². The summed E-state index contributed by atoms with van der Waals surface area (Å²) in [5.74, 6) is 0. The molecule has 1 saturated heterocycles. The number of rotatable bonds is 5. The summed E-state index contributed by atoms with van der Waals surface area (Å²) < 4.78 is 109. The highest BCUT2D eigenvalue weighted by Gasteiger charge is 2.71. The molecule has 14 heteroatoms. The number of hydrogen-bond donors (Lipinski definition) is 1. The number of aliphatic hydroxyl groups is 1. The number of halogens is 6. The van der Waals surface area contributed by atoms with E-state index < -0.39 is 33.5 Å². The molecule has 1 aliphatic carbocycles. The molecule has 1 N–H and O–H groups in total. The van der Waals surface area contributed by atoms with Crippen LogP contribution < -0.4 is 4.90 Å². The fourth-order valence-corrected chi connectivity index (χ4v) is 6.36. The van der Waals surface area contributed by atoms with E-state index in [4.69, 9.17) is 12.2 Å². The minimum absolute atomic E-state index is 0.00920. The van der Waals surface area contributed by atoms with Crippen LogP contribution in [0.15, 0.2) is 65.9 Å². The molecular weight excluding hydrogens is 556 g/mol. The number of pyridine rings is 1. The van der Waals surface area contributed by atoms with Crippen molar-refractivity contribution in [2.45, 2.75) is 24.4 Å². The van der Waals surface area contributed by atoms with E-state index in [0.717, 1.165) is 6.07 Å². The van der Waals surface area contributed by atoms with Gasteiger partial charge < -0.3 is 10.0 Å². The van der Waals surface area contributed by atoms with E-state index in [9.17, 15) is 39.9 Å². The van der Waals surface area contributed by atoms with Gasteiger partial charge in [0.1, 0.15) is 0 Å². The second kappa shape index (κ2) is 10.1. The molecule has 0 atom stereocenters. The van der Waals surface area contributed by atoms with Crippen molar-refractivity contribution in [2.75, 3.05) is 31.1 Å². The maximum absolute atomic E-state index is 13.5. The number of benzene rings is 1. The summed E-state index contributed by atoms with van der Waals surface area (Å²) >= 11 is 5.19. The zero-order chi connectivity index (χ0) is 27.9. The molecule has 1 aliphatic heterocycles. The Kier molecular flexibility index (Phi) is 7.47. The Morgan fingerprint density at radius 2 is 1.63 bits per heavy atom. The lowest BCUT2D eigenvalue weighted by atomic mass is 9.89. The zero-order valence-corrected chi connectivity index (χ0v) is 21.1. The molecule has 204 valence electrons. The monoisotopic (exact) mass is 577 g/mol. The van der Waals surface area contributed by atoms with Gasteiger partial charge in [-0.25, -0.2) is 8.42 Å². The Morgan fingerprint density at radius 1 is 0.974 bits per heavy atom. The number of piperazine rings is 1. The van der Waals surface area contributed by atoms with Crippen molar-refractivity contribution in [1.82, 2.24) is 9.29 Å². The number of sulfonamides is 1. The maximum atomic E-state index is 13.5. The Bertz CT molecular complexity index is 1370. The van der Waals surface area contributed by atoms with Gasteiger partial charge >= 0.3 is 12.4 Å². The molecule has 2 heterocycles. The molecule has 0 bridgehead atoms. The largest absolute Gasteiger partial charge is 0.430 e. The van der Waals surface area contributed by atoms with Gasteiger partial charge in [-0.2, -0.15) is 30.6 Å². The predicted octanol–water partition coefficient (Wildman–Crippen LogP) is 4.73. The van der Waals surface area contributed by atoms with Crippen LogP contribution in [0.3, 0.4) is 0 Å². The Balaban J connectivity index is 1.70. The molecule has 2 aromatic rings. The van der Waals surface area contributed by atoms with Crippen LogP contribution in [0.25, 0.3) is 11.1 Å². The van der Waals surface area contributed by atoms with Crippen molar-refractivity contribution in [2.24, 2.45) is 0 Å². The van der Waals surface area contributed by atoms with E-state index in [1.165, 1.54) is 34.9 Å². The van der Waals surface area contributed by atoms with Gasteiger partial charge in [-0.3, -0.25) is 4.98 Å². The van der Waals surface area contributed by atoms with E-state index in [-0.39, 0.29) is 52.8 Å². The standard InChI is InChI=1S/C24H21F6N3O3S2/c25-23(26,27)22(34,24(28,29)30)17-7-8-19(18(14-17)16-4-3-9-31-15-16)32-10-12-33(13-11-32)38(35,36)21-6-2-1-5-20(21)37/h1-4,6-9,14-15,34H,5,10-13H2. The number of alkyl halides is 6. The van der Waals surface area contributed by atoms with Gasteiger partial charge in [-0.05, 0) is 24.3 Å². The van der Waals surface area contributed by atoms with E-state index in [2.05, 4.69) is 4.98 Å². The number of thiocarbonyl (C=S) groups is 1. The topological polar surface area (TPSA) is 73.7 Å². The van der Waals surface area contributed by atoms with Crippen LogP contribution >= 0.6 is 12.2 Å².